The maximum atomic E-state index is 10.1. The molecule has 0 spiro atoms. The van der Waals surface area contributed by atoms with E-state index in [0.29, 0.717) is 6.42 Å². The number of aldehydes is 1. The molecule has 0 fully saturated rings. The topological polar surface area (TPSA) is 52.3 Å². The molecule has 0 heterocycles. The van der Waals surface area contributed by atoms with Crippen molar-refractivity contribution < 1.29 is 9.53 Å². The molecule has 0 aliphatic heterocycles. The maximum Gasteiger partial charge on any atom is 0.120 e. The monoisotopic (exact) mass is 237 g/mol. The Balaban J connectivity index is 0.000000557. The van der Waals surface area contributed by atoms with Crippen LogP contribution in [0.1, 0.15) is 31.7 Å². The van der Waals surface area contributed by atoms with Gasteiger partial charge < -0.3 is 15.3 Å². The predicted octanol–water partition coefficient (Wildman–Crippen LogP) is 2.57. The summed E-state index contributed by atoms with van der Waals surface area (Å²) >= 11 is 0. The van der Waals surface area contributed by atoms with Gasteiger partial charge in [0.15, 0.2) is 0 Å². The fourth-order valence-corrected chi connectivity index (χ4v) is 1.18. The Morgan fingerprint density at radius 2 is 1.88 bits per heavy atom. The van der Waals surface area contributed by atoms with Gasteiger partial charge in [-0.15, -0.1) is 0 Å². The second-order valence-electron chi connectivity index (χ2n) is 3.70. The van der Waals surface area contributed by atoms with Gasteiger partial charge in [0.05, 0.1) is 7.11 Å². The van der Waals surface area contributed by atoms with Crippen LogP contribution in [0.4, 0.5) is 0 Å². The van der Waals surface area contributed by atoms with E-state index in [1.54, 1.807) is 7.11 Å². The lowest BCUT2D eigenvalue weighted by Crippen LogP contribution is -1.93. The average molecular weight is 237 g/mol. The fourth-order valence-electron chi connectivity index (χ4n) is 1.18. The van der Waals surface area contributed by atoms with Crippen LogP contribution < -0.4 is 10.5 Å². The molecule has 0 saturated heterocycles. The van der Waals surface area contributed by atoms with Crippen LogP contribution >= 0.6 is 0 Å². The molecule has 0 aliphatic carbocycles. The van der Waals surface area contributed by atoms with Crippen molar-refractivity contribution in [1.82, 2.24) is 0 Å². The van der Waals surface area contributed by atoms with Crippen LogP contribution in [0.5, 0.6) is 5.75 Å². The summed E-state index contributed by atoms with van der Waals surface area (Å²) in [6, 6.07) is 7.94. The first-order valence-corrected chi connectivity index (χ1v) is 6.05. The van der Waals surface area contributed by atoms with E-state index in [1.807, 2.05) is 24.3 Å². The van der Waals surface area contributed by atoms with Crippen LogP contribution in [0.15, 0.2) is 24.3 Å². The fraction of sp³-hybridized carbons (Fsp3) is 0.500. The number of methoxy groups -OCH3 is 1. The first-order chi connectivity index (χ1) is 8.28. The molecule has 3 heteroatoms. The average Bonchev–Trinajstić information content (AvgIpc) is 2.40. The summed E-state index contributed by atoms with van der Waals surface area (Å²) in [7, 11) is 1.65. The number of hydrogen-bond donors (Lipinski definition) is 1. The second kappa shape index (κ2) is 11.1. The minimum Gasteiger partial charge on any atom is -0.497 e. The first kappa shape index (κ1) is 15.7. The molecule has 17 heavy (non-hydrogen) atoms. The second-order valence-corrected chi connectivity index (χ2v) is 3.70. The Kier molecular flexibility index (Phi) is 10.3. The number of benzene rings is 1. The van der Waals surface area contributed by atoms with E-state index in [4.69, 9.17) is 10.5 Å². The number of ether oxygens (including phenoxy) is 1. The Hall–Kier alpha value is -1.35. The third kappa shape index (κ3) is 8.46. The van der Waals surface area contributed by atoms with Gasteiger partial charge in [-0.2, -0.15) is 0 Å². The van der Waals surface area contributed by atoms with Crippen LogP contribution in [0.25, 0.3) is 0 Å². The van der Waals surface area contributed by atoms with Crippen molar-refractivity contribution in [3.8, 4) is 5.75 Å². The standard InChI is InChI=1S/C11H14O2.C3H9N/c1-13-11-7-5-10(6-8-11)4-2-3-9-12;1-2-3-4/h5-9H,2-4H2,1H3;2-4H2,1H3. The summed E-state index contributed by atoms with van der Waals surface area (Å²) < 4.78 is 5.04. The molecule has 0 aliphatic rings. The van der Waals surface area contributed by atoms with E-state index in [2.05, 4.69) is 6.92 Å². The molecule has 0 aromatic heterocycles. The first-order valence-electron chi connectivity index (χ1n) is 6.05. The van der Waals surface area contributed by atoms with Crippen molar-refractivity contribution in [1.29, 1.82) is 0 Å². The van der Waals surface area contributed by atoms with Crippen LogP contribution in [0, 0.1) is 0 Å². The molecule has 0 amide bonds. The number of rotatable bonds is 6. The maximum absolute atomic E-state index is 10.1. The van der Waals surface area contributed by atoms with Gasteiger partial charge in [-0.05, 0) is 43.5 Å². The van der Waals surface area contributed by atoms with Crippen LogP contribution in [-0.4, -0.2) is 19.9 Å². The Morgan fingerprint density at radius 3 is 2.29 bits per heavy atom. The molecule has 3 nitrogen and oxygen atoms in total. The van der Waals surface area contributed by atoms with Crippen LogP contribution in [0.2, 0.25) is 0 Å². The highest BCUT2D eigenvalue weighted by atomic mass is 16.5. The van der Waals surface area contributed by atoms with E-state index in [1.165, 1.54) is 5.56 Å². The Morgan fingerprint density at radius 1 is 1.29 bits per heavy atom. The Bertz CT molecular complexity index is 281. The van der Waals surface area contributed by atoms with E-state index < -0.39 is 0 Å². The molecule has 96 valence electrons. The van der Waals surface area contributed by atoms with Crippen LogP contribution in [0.3, 0.4) is 0 Å². The molecule has 0 bridgehead atoms. The SMILES string of the molecule is CCCN.COc1ccc(CCCC=O)cc1. The lowest BCUT2D eigenvalue weighted by molar-refractivity contribution is -0.107. The van der Waals surface area contributed by atoms with Crippen molar-refractivity contribution in [2.24, 2.45) is 5.73 Å². The molecular formula is C14H23NO2. The zero-order valence-electron chi connectivity index (χ0n) is 10.8. The van der Waals surface area contributed by atoms with Crippen LogP contribution in [-0.2, 0) is 11.2 Å². The lowest BCUT2D eigenvalue weighted by atomic mass is 10.1. The predicted molar refractivity (Wildman–Crippen MR) is 71.3 cm³/mol. The largest absolute Gasteiger partial charge is 0.497 e. The highest BCUT2D eigenvalue weighted by Gasteiger charge is 1.93. The van der Waals surface area contributed by atoms with Gasteiger partial charge in [0.2, 0.25) is 0 Å². The van der Waals surface area contributed by atoms with E-state index in [9.17, 15) is 4.79 Å². The van der Waals surface area contributed by atoms with Crippen molar-refractivity contribution in [2.45, 2.75) is 32.6 Å². The number of hydrogen-bond acceptors (Lipinski definition) is 3. The van der Waals surface area contributed by atoms with Gasteiger partial charge in [0, 0.05) is 6.42 Å². The summed E-state index contributed by atoms with van der Waals surface area (Å²) in [5.41, 5.74) is 6.28. The molecule has 0 atom stereocenters. The van der Waals surface area contributed by atoms with Gasteiger partial charge in [-0.25, -0.2) is 0 Å². The summed E-state index contributed by atoms with van der Waals surface area (Å²) in [6.07, 6.45) is 4.59. The number of carbonyl (C=O) groups is 1. The molecule has 0 radical (unpaired) electrons. The minimum atomic E-state index is 0.645. The molecule has 1 aromatic rings. The van der Waals surface area contributed by atoms with E-state index in [0.717, 1.165) is 37.8 Å². The highest BCUT2D eigenvalue weighted by Crippen LogP contribution is 2.12. The number of aryl methyl sites for hydroxylation is 1. The number of unbranched alkanes of at least 4 members (excludes halogenated alkanes) is 1. The van der Waals surface area contributed by atoms with Gasteiger partial charge in [0.1, 0.15) is 12.0 Å². The van der Waals surface area contributed by atoms with Crippen molar-refractivity contribution >= 4 is 6.29 Å². The van der Waals surface area contributed by atoms with Crippen molar-refractivity contribution in [2.75, 3.05) is 13.7 Å². The summed E-state index contributed by atoms with van der Waals surface area (Å²) in [6.45, 7) is 2.88. The zero-order chi connectivity index (χ0) is 12.9. The zero-order valence-corrected chi connectivity index (χ0v) is 10.8. The molecule has 1 rings (SSSR count). The van der Waals surface area contributed by atoms with Crippen molar-refractivity contribution in [3.05, 3.63) is 29.8 Å². The number of nitrogens with two attached hydrogens (primary N) is 1. The quantitative estimate of drug-likeness (QED) is 0.611. The summed E-state index contributed by atoms with van der Waals surface area (Å²) in [4.78, 5) is 10.1. The molecule has 0 unspecified atom stereocenters. The van der Waals surface area contributed by atoms with Crippen molar-refractivity contribution in [3.63, 3.8) is 0 Å². The van der Waals surface area contributed by atoms with Gasteiger partial charge in [-0.1, -0.05) is 19.1 Å². The molecule has 0 saturated carbocycles. The summed E-state index contributed by atoms with van der Waals surface area (Å²) in [5.74, 6) is 0.874. The normalized spacial score (nSPS) is 9.12. The van der Waals surface area contributed by atoms with E-state index >= 15 is 0 Å². The van der Waals surface area contributed by atoms with Gasteiger partial charge in [-0.3, -0.25) is 0 Å². The third-order valence-corrected chi connectivity index (χ3v) is 2.24. The number of carbonyl (C=O) groups excluding carboxylic acids is 1. The van der Waals surface area contributed by atoms with Gasteiger partial charge >= 0.3 is 0 Å². The molecular weight excluding hydrogens is 214 g/mol. The minimum absolute atomic E-state index is 0.645. The third-order valence-electron chi connectivity index (χ3n) is 2.24. The molecule has 1 aromatic carbocycles. The van der Waals surface area contributed by atoms with E-state index in [-0.39, 0.29) is 0 Å². The van der Waals surface area contributed by atoms with Gasteiger partial charge in [0.25, 0.3) is 0 Å². The highest BCUT2D eigenvalue weighted by molar-refractivity contribution is 5.49. The molecule has 2 N–H and O–H groups in total. The summed E-state index contributed by atoms with van der Waals surface area (Å²) in [5, 5.41) is 0. The smallest absolute Gasteiger partial charge is 0.120 e. The lowest BCUT2D eigenvalue weighted by Gasteiger charge is -2.01. The Labute approximate surface area is 104 Å².